The van der Waals surface area contributed by atoms with Crippen molar-refractivity contribution >= 4 is 109 Å². The number of benzene rings is 1. The molecule has 6 heteroatoms. The minimum atomic E-state index is -2.55. The van der Waals surface area contributed by atoms with E-state index in [9.17, 15) is 0 Å². The molecule has 62 heavy (non-hydrogen) atoms. The normalized spacial score (nSPS) is 12.5. The summed E-state index contributed by atoms with van der Waals surface area (Å²) < 4.78 is 6.77. The Labute approximate surface area is 407 Å². The molecule has 0 saturated heterocycles. The van der Waals surface area contributed by atoms with Crippen LogP contribution >= 0.6 is 45.3 Å². The van der Waals surface area contributed by atoms with Gasteiger partial charge in [-0.05, 0) is 0 Å². The van der Waals surface area contributed by atoms with Crippen LogP contribution < -0.4 is 6.47 Å². The number of aryl methyl sites for hydroxylation is 4. The standard InChI is InChI=1S/C50H72S4.6CH3.2Sn/c1-5-9-13-17-21-25-29-39-37-45(53-43(39)31-27-23-19-15-11-7-3)47-41-33-35-52-50(41)48(42-34-36-51-49(42)47)46-38-40(30-26-22-18-14-10-6-2)44(54-46)32-28-24-20-16-12-8-4;;;;;;;;/h33,36-38H,5-32H2,1-4H3;6*1H3;;. The Morgan fingerprint density at radius 3 is 1.23 bits per heavy atom. The van der Waals surface area contributed by atoms with Crippen molar-refractivity contribution < 1.29 is 0 Å². The first kappa shape index (κ1) is 53.1. The Hall–Kier alpha value is 0.137. The molecular formula is C56H90S4Sn2. The molecule has 0 N–H and O–H groups in total. The quantitative estimate of drug-likeness (QED) is 0.0297. The van der Waals surface area contributed by atoms with E-state index >= 15 is 0 Å². The summed E-state index contributed by atoms with van der Waals surface area (Å²) in [6.07, 6.45) is 38.1. The second-order valence-corrected chi connectivity index (χ2v) is 55.1. The summed E-state index contributed by atoms with van der Waals surface area (Å²) in [4.78, 5) is 22.6. The average molecular weight is 1130 g/mol. The molecule has 5 aromatic rings. The van der Waals surface area contributed by atoms with Crippen LogP contribution in [0, 0.1) is 0 Å². The molecule has 0 aliphatic rings. The van der Waals surface area contributed by atoms with Crippen molar-refractivity contribution in [2.45, 2.75) is 237 Å². The van der Waals surface area contributed by atoms with Gasteiger partial charge in [0.1, 0.15) is 0 Å². The molecule has 0 nitrogen and oxygen atoms in total. The van der Waals surface area contributed by atoms with E-state index in [1.165, 1.54) is 180 Å². The number of rotatable bonds is 32. The van der Waals surface area contributed by atoms with E-state index in [1.807, 2.05) is 0 Å². The Balaban J connectivity index is 1.65. The molecular weight excluding hydrogens is 1040 g/mol. The Morgan fingerprint density at radius 1 is 0.403 bits per heavy atom. The van der Waals surface area contributed by atoms with E-state index in [2.05, 4.69) is 126 Å². The molecule has 1 aromatic carbocycles. The molecule has 0 unspecified atom stereocenters. The van der Waals surface area contributed by atoms with E-state index in [0.29, 0.717) is 0 Å². The topological polar surface area (TPSA) is 0 Å². The number of unbranched alkanes of at least 4 members (excludes halogenated alkanes) is 20. The van der Waals surface area contributed by atoms with Gasteiger partial charge in [-0.15, -0.1) is 0 Å². The van der Waals surface area contributed by atoms with Crippen LogP contribution in [-0.2, 0) is 25.7 Å². The van der Waals surface area contributed by atoms with E-state index in [-0.39, 0.29) is 0 Å². The molecule has 0 aliphatic heterocycles. The number of hydrogen-bond donors (Lipinski definition) is 0. The summed E-state index contributed by atoms with van der Waals surface area (Å²) in [5.74, 6) is 0. The van der Waals surface area contributed by atoms with E-state index in [4.69, 9.17) is 0 Å². The van der Waals surface area contributed by atoms with Crippen LogP contribution in [0.4, 0.5) is 0 Å². The van der Waals surface area contributed by atoms with Crippen molar-refractivity contribution in [2.24, 2.45) is 0 Å². The van der Waals surface area contributed by atoms with Crippen molar-refractivity contribution in [3.8, 4) is 20.9 Å². The Morgan fingerprint density at radius 2 is 0.806 bits per heavy atom. The van der Waals surface area contributed by atoms with Gasteiger partial charge in [-0.3, -0.25) is 0 Å². The first-order chi connectivity index (χ1) is 29.9. The summed E-state index contributed by atoms with van der Waals surface area (Å²) in [6, 6.07) is 8.24. The van der Waals surface area contributed by atoms with Crippen LogP contribution in [0.25, 0.3) is 41.1 Å². The first-order valence-electron chi connectivity index (χ1n) is 26.2. The van der Waals surface area contributed by atoms with Crippen LogP contribution in [0.1, 0.15) is 203 Å². The van der Waals surface area contributed by atoms with Gasteiger partial charge in [-0.1, -0.05) is 66.2 Å². The van der Waals surface area contributed by atoms with E-state index in [1.54, 1.807) is 68.4 Å². The van der Waals surface area contributed by atoms with Gasteiger partial charge in [0, 0.05) is 0 Å². The van der Waals surface area contributed by atoms with Gasteiger partial charge in [0.2, 0.25) is 0 Å². The molecule has 0 atom stereocenters. The zero-order valence-corrected chi connectivity index (χ0v) is 50.7. The maximum absolute atomic E-state index is 2.76. The summed E-state index contributed by atoms with van der Waals surface area (Å²) in [5, 5.41) is 5.95. The van der Waals surface area contributed by atoms with Crippen molar-refractivity contribution in [3.63, 3.8) is 0 Å². The molecule has 0 aliphatic carbocycles. The summed E-state index contributed by atoms with van der Waals surface area (Å²) >= 11 is 3.80. The van der Waals surface area contributed by atoms with Gasteiger partial charge in [0.05, 0.1) is 0 Å². The van der Waals surface area contributed by atoms with Gasteiger partial charge in [-0.25, -0.2) is 0 Å². The molecule has 0 amide bonds. The SMILES string of the molecule is CCCCCCCCc1cc(-c2c3c[c]([Sn]([CH3])([CH3])[CH3])sc3c(-c3cc(CCCCCCCC)c(CCCCCCCC)s3)c3[c]([Sn]([CH3])([CH3])[CH3])csc23)sc1CCCCCCCC. The van der Waals surface area contributed by atoms with Crippen LogP contribution in [0.2, 0.25) is 29.6 Å². The third-order valence-corrected chi connectivity index (χ3v) is 33.9. The van der Waals surface area contributed by atoms with Crippen LogP contribution in [0.5, 0.6) is 0 Å². The minimum Gasteiger partial charge on any atom is -0.0654 e. The number of fused-ring (bicyclic) bond motifs is 2. The fraction of sp³-hybridized carbons (Fsp3) is 0.679. The van der Waals surface area contributed by atoms with Gasteiger partial charge in [0.15, 0.2) is 0 Å². The molecule has 0 saturated carbocycles. The fourth-order valence-corrected chi connectivity index (χ4v) is 26.7. The average Bonchev–Trinajstić information content (AvgIpc) is 4.05. The predicted octanol–water partition coefficient (Wildman–Crippen LogP) is 20.3. The monoisotopic (exact) mass is 1130 g/mol. The van der Waals surface area contributed by atoms with Gasteiger partial charge in [0.25, 0.3) is 0 Å². The Bertz CT molecular complexity index is 1970. The van der Waals surface area contributed by atoms with Crippen molar-refractivity contribution in [1.82, 2.24) is 0 Å². The third kappa shape index (κ3) is 15.3. The minimum absolute atomic E-state index is 1.26. The zero-order chi connectivity index (χ0) is 44.5. The molecule has 346 valence electrons. The zero-order valence-electron chi connectivity index (χ0n) is 41.7. The van der Waals surface area contributed by atoms with Crippen LogP contribution in [0.15, 0.2) is 23.6 Å². The van der Waals surface area contributed by atoms with Crippen LogP contribution in [-0.4, -0.2) is 36.8 Å². The van der Waals surface area contributed by atoms with Crippen molar-refractivity contribution in [2.75, 3.05) is 0 Å². The van der Waals surface area contributed by atoms with Gasteiger partial charge in [-0.2, -0.15) is 0 Å². The summed E-state index contributed by atoms with van der Waals surface area (Å²) in [7, 11) is 0. The Kier molecular flexibility index (Phi) is 23.3. The molecule has 0 fully saturated rings. The molecule has 5 rings (SSSR count). The smallest absolute Gasteiger partial charge is 0.0654 e. The fourth-order valence-electron chi connectivity index (χ4n) is 9.54. The number of thiophene rings is 4. The van der Waals surface area contributed by atoms with E-state index in [0.717, 1.165) is 0 Å². The predicted molar refractivity (Wildman–Crippen MR) is 298 cm³/mol. The van der Waals surface area contributed by atoms with Crippen LogP contribution in [0.3, 0.4) is 0 Å². The summed E-state index contributed by atoms with van der Waals surface area (Å²) in [5.41, 5.74) is 6.64. The first-order valence-corrected chi connectivity index (χ1v) is 49.5. The second kappa shape index (κ2) is 27.2. The number of hydrogen-bond acceptors (Lipinski definition) is 4. The summed E-state index contributed by atoms with van der Waals surface area (Å²) in [6.45, 7) is 9.37. The van der Waals surface area contributed by atoms with Gasteiger partial charge < -0.3 is 0 Å². The molecule has 4 aromatic heterocycles. The molecule has 0 bridgehead atoms. The van der Waals surface area contributed by atoms with Crippen molar-refractivity contribution in [3.05, 3.63) is 44.5 Å². The molecule has 0 radical (unpaired) electrons. The maximum atomic E-state index is 2.76. The van der Waals surface area contributed by atoms with Crippen molar-refractivity contribution in [1.29, 1.82) is 0 Å². The second-order valence-electron chi connectivity index (χ2n) is 21.1. The third-order valence-electron chi connectivity index (χ3n) is 13.4. The van der Waals surface area contributed by atoms with E-state index < -0.39 is 36.8 Å². The van der Waals surface area contributed by atoms with Gasteiger partial charge >= 0.3 is 345 Å². The molecule has 4 heterocycles. The molecule has 0 spiro atoms.